The van der Waals surface area contributed by atoms with Gasteiger partial charge in [-0.2, -0.15) is 0 Å². The molecule has 1 aromatic carbocycles. The van der Waals surface area contributed by atoms with E-state index in [-0.39, 0.29) is 18.2 Å². The summed E-state index contributed by atoms with van der Waals surface area (Å²) < 4.78 is 52.8. The average molecular weight is 276 g/mol. The summed E-state index contributed by atoms with van der Waals surface area (Å²) in [5, 5.41) is 0. The van der Waals surface area contributed by atoms with Crippen molar-refractivity contribution in [3.63, 3.8) is 0 Å². The Hall–Kier alpha value is -1.21. The first-order valence-electron chi connectivity index (χ1n) is 5.55. The molecule has 1 aliphatic rings. The molecule has 0 saturated heterocycles. The maximum Gasteiger partial charge on any atom is 0.246 e. The second kappa shape index (κ2) is 4.47. The van der Waals surface area contributed by atoms with Crippen LogP contribution in [0.15, 0.2) is 17.0 Å². The fourth-order valence-corrected chi connectivity index (χ4v) is 3.02. The van der Waals surface area contributed by atoms with E-state index in [4.69, 9.17) is 5.73 Å². The molecule has 100 valence electrons. The van der Waals surface area contributed by atoms with Gasteiger partial charge in [-0.25, -0.2) is 21.9 Å². The Morgan fingerprint density at radius 2 is 1.89 bits per heavy atom. The smallest absolute Gasteiger partial charge is 0.246 e. The monoisotopic (exact) mass is 276 g/mol. The Bertz CT molecular complexity index is 551. The highest BCUT2D eigenvalue weighted by atomic mass is 32.2. The van der Waals surface area contributed by atoms with Crippen LogP contribution in [0.4, 0.5) is 14.5 Å². The Morgan fingerprint density at radius 1 is 1.39 bits per heavy atom. The summed E-state index contributed by atoms with van der Waals surface area (Å²) in [7, 11) is -4.17. The first-order valence-corrected chi connectivity index (χ1v) is 7.04. The Labute approximate surface area is 104 Å². The van der Waals surface area contributed by atoms with Gasteiger partial charge in [0.25, 0.3) is 0 Å². The van der Waals surface area contributed by atoms with Gasteiger partial charge in [-0.3, -0.25) is 0 Å². The van der Waals surface area contributed by atoms with Crippen LogP contribution in [0.3, 0.4) is 0 Å². The Balaban J connectivity index is 2.24. The van der Waals surface area contributed by atoms with Crippen molar-refractivity contribution in [2.45, 2.75) is 18.2 Å². The molecular weight excluding hydrogens is 262 g/mol. The maximum absolute atomic E-state index is 13.5. The van der Waals surface area contributed by atoms with Crippen molar-refractivity contribution in [2.24, 2.45) is 11.8 Å². The molecule has 0 aliphatic heterocycles. The molecule has 7 heteroatoms. The van der Waals surface area contributed by atoms with Gasteiger partial charge in [0, 0.05) is 12.2 Å². The van der Waals surface area contributed by atoms with Crippen LogP contribution >= 0.6 is 0 Å². The molecule has 0 radical (unpaired) electrons. The molecule has 2 unspecified atom stereocenters. The number of hydrogen-bond donors (Lipinski definition) is 2. The molecule has 0 heterocycles. The molecule has 4 nitrogen and oxygen atoms in total. The first-order chi connectivity index (χ1) is 8.31. The van der Waals surface area contributed by atoms with Crippen molar-refractivity contribution in [2.75, 3.05) is 12.3 Å². The van der Waals surface area contributed by atoms with Crippen molar-refractivity contribution >= 4 is 15.7 Å². The summed E-state index contributed by atoms with van der Waals surface area (Å²) in [6.45, 7) is 2.19. The molecule has 2 atom stereocenters. The fraction of sp³-hybridized carbons (Fsp3) is 0.455. The number of nitrogen functional groups attached to an aromatic ring is 1. The van der Waals surface area contributed by atoms with Gasteiger partial charge in [-0.1, -0.05) is 6.92 Å². The summed E-state index contributed by atoms with van der Waals surface area (Å²) in [6, 6.07) is 1.58. The van der Waals surface area contributed by atoms with Gasteiger partial charge in [-0.05, 0) is 30.4 Å². The summed E-state index contributed by atoms with van der Waals surface area (Å²) in [5.41, 5.74) is 5.07. The highest BCUT2D eigenvalue weighted by Crippen LogP contribution is 2.37. The number of nitrogens with one attached hydrogen (secondary N) is 1. The van der Waals surface area contributed by atoms with Gasteiger partial charge in [0.1, 0.15) is 11.6 Å². The quantitative estimate of drug-likeness (QED) is 0.818. The third kappa shape index (κ3) is 2.62. The highest BCUT2D eigenvalue weighted by Gasteiger charge is 2.34. The number of sulfonamides is 1. The topological polar surface area (TPSA) is 72.2 Å². The van der Waals surface area contributed by atoms with E-state index in [9.17, 15) is 17.2 Å². The van der Waals surface area contributed by atoms with Crippen molar-refractivity contribution < 1.29 is 17.2 Å². The second-order valence-corrected chi connectivity index (χ2v) is 6.34. The van der Waals surface area contributed by atoms with E-state index in [1.54, 1.807) is 0 Å². The average Bonchev–Trinajstić information content (AvgIpc) is 2.89. The Morgan fingerprint density at radius 3 is 2.33 bits per heavy atom. The van der Waals surface area contributed by atoms with Gasteiger partial charge < -0.3 is 5.73 Å². The Kier molecular flexibility index (Phi) is 3.29. The standard InChI is InChI=1S/C11H14F2N2O2S/c1-6-2-7(6)5-15-18(16,17)11-9(12)3-8(14)4-10(11)13/h3-4,6-7,15H,2,5,14H2,1H3. The maximum atomic E-state index is 13.5. The molecule has 3 N–H and O–H groups in total. The molecule has 1 aromatic rings. The van der Waals surface area contributed by atoms with Crippen molar-refractivity contribution in [1.29, 1.82) is 0 Å². The number of anilines is 1. The van der Waals surface area contributed by atoms with Crippen LogP contribution in [-0.2, 0) is 10.0 Å². The van der Waals surface area contributed by atoms with E-state index in [1.165, 1.54) is 0 Å². The van der Waals surface area contributed by atoms with E-state index in [2.05, 4.69) is 4.72 Å². The minimum Gasteiger partial charge on any atom is -0.399 e. The lowest BCUT2D eigenvalue weighted by atomic mass is 10.3. The minimum atomic E-state index is -4.17. The molecule has 1 aliphatic carbocycles. The van der Waals surface area contributed by atoms with E-state index in [0.717, 1.165) is 18.6 Å². The van der Waals surface area contributed by atoms with Crippen molar-refractivity contribution in [1.82, 2.24) is 4.72 Å². The van der Waals surface area contributed by atoms with Crippen molar-refractivity contribution in [3.05, 3.63) is 23.8 Å². The lowest BCUT2D eigenvalue weighted by Crippen LogP contribution is -2.28. The van der Waals surface area contributed by atoms with Gasteiger partial charge in [0.15, 0.2) is 4.90 Å². The third-order valence-electron chi connectivity index (χ3n) is 3.10. The summed E-state index contributed by atoms with van der Waals surface area (Å²) in [6.07, 6.45) is 0.926. The van der Waals surface area contributed by atoms with Crippen LogP contribution in [0.2, 0.25) is 0 Å². The molecule has 2 rings (SSSR count). The number of halogens is 2. The first kappa shape index (κ1) is 13.2. The lowest BCUT2D eigenvalue weighted by Gasteiger charge is -2.09. The van der Waals surface area contributed by atoms with Crippen molar-refractivity contribution in [3.8, 4) is 0 Å². The van der Waals surface area contributed by atoms with E-state index >= 15 is 0 Å². The van der Waals surface area contributed by atoms with Crippen LogP contribution in [0.5, 0.6) is 0 Å². The molecule has 1 saturated carbocycles. The molecule has 1 fully saturated rings. The molecule has 0 amide bonds. The van der Waals surface area contributed by atoms with Gasteiger partial charge in [0.2, 0.25) is 10.0 Å². The summed E-state index contributed by atoms with van der Waals surface area (Å²) in [4.78, 5) is -0.968. The second-order valence-electron chi connectivity index (χ2n) is 4.64. The van der Waals surface area contributed by atoms with Crippen LogP contribution in [0.1, 0.15) is 13.3 Å². The number of rotatable bonds is 4. The summed E-state index contributed by atoms with van der Waals surface area (Å²) in [5.74, 6) is -1.65. The predicted octanol–water partition coefficient (Wildman–Crippen LogP) is 1.48. The largest absolute Gasteiger partial charge is 0.399 e. The number of nitrogens with two attached hydrogens (primary N) is 1. The van der Waals surface area contributed by atoms with Gasteiger partial charge >= 0.3 is 0 Å². The van der Waals surface area contributed by atoms with Gasteiger partial charge in [-0.15, -0.1) is 0 Å². The molecular formula is C11H14F2N2O2S. The predicted molar refractivity (Wildman–Crippen MR) is 63.2 cm³/mol. The summed E-state index contributed by atoms with van der Waals surface area (Å²) >= 11 is 0. The highest BCUT2D eigenvalue weighted by molar-refractivity contribution is 7.89. The van der Waals surface area contributed by atoms with Crippen LogP contribution in [-0.4, -0.2) is 15.0 Å². The molecule has 18 heavy (non-hydrogen) atoms. The number of benzene rings is 1. The molecule has 0 spiro atoms. The molecule has 0 aromatic heterocycles. The van der Waals surface area contributed by atoms with Gasteiger partial charge in [0.05, 0.1) is 0 Å². The molecule has 0 bridgehead atoms. The minimum absolute atomic E-state index is 0.153. The van der Waals surface area contributed by atoms with E-state index in [1.807, 2.05) is 6.92 Å². The van der Waals surface area contributed by atoms with Crippen LogP contribution < -0.4 is 10.5 Å². The normalized spacial score (nSPS) is 23.1. The van der Waals surface area contributed by atoms with Crippen LogP contribution in [0.25, 0.3) is 0 Å². The number of hydrogen-bond acceptors (Lipinski definition) is 3. The lowest BCUT2D eigenvalue weighted by molar-refractivity contribution is 0.513. The zero-order chi connectivity index (χ0) is 13.5. The van der Waals surface area contributed by atoms with E-state index < -0.39 is 26.6 Å². The zero-order valence-corrected chi connectivity index (χ0v) is 10.6. The van der Waals surface area contributed by atoms with Crippen LogP contribution in [0, 0.1) is 23.5 Å². The fourth-order valence-electron chi connectivity index (χ4n) is 1.81. The van der Waals surface area contributed by atoms with E-state index in [0.29, 0.717) is 5.92 Å². The zero-order valence-electron chi connectivity index (χ0n) is 9.78. The SMILES string of the molecule is CC1CC1CNS(=O)(=O)c1c(F)cc(N)cc1F. The third-order valence-corrected chi connectivity index (χ3v) is 4.58.